The zero-order valence-electron chi connectivity index (χ0n) is 15.4. The van der Waals surface area contributed by atoms with Gasteiger partial charge >= 0.3 is 0 Å². The molecule has 1 aliphatic heterocycles. The van der Waals surface area contributed by atoms with Crippen molar-refractivity contribution in [2.75, 3.05) is 0 Å². The fourth-order valence-electron chi connectivity index (χ4n) is 3.99. The molecule has 1 aliphatic rings. The molecule has 0 fully saturated rings. The lowest BCUT2D eigenvalue weighted by Crippen LogP contribution is -2.20. The maximum Gasteiger partial charge on any atom is 0.134 e. The van der Waals surface area contributed by atoms with E-state index in [4.69, 9.17) is 4.74 Å². The van der Waals surface area contributed by atoms with E-state index >= 15 is 0 Å². The molecule has 0 radical (unpaired) electrons. The van der Waals surface area contributed by atoms with Crippen molar-refractivity contribution in [1.82, 2.24) is 0 Å². The van der Waals surface area contributed by atoms with Crippen molar-refractivity contribution >= 4 is 16.3 Å². The van der Waals surface area contributed by atoms with Gasteiger partial charge in [-0.3, -0.25) is 0 Å². The average molecular weight is 328 g/mol. The van der Waals surface area contributed by atoms with Crippen LogP contribution >= 0.6 is 0 Å². The van der Waals surface area contributed by atoms with Gasteiger partial charge in [-0.15, -0.1) is 0 Å². The average Bonchev–Trinajstić information content (AvgIpc) is 2.98. The molecule has 0 saturated carbocycles. The number of rotatable bonds is 2. The number of benzene rings is 3. The molecule has 0 N–H and O–H groups in total. The number of ether oxygens (including phenoxy) is 1. The Balaban J connectivity index is 1.74. The third kappa shape index (κ3) is 2.74. The van der Waals surface area contributed by atoms with Crippen molar-refractivity contribution in [1.29, 1.82) is 0 Å². The molecular formula is C24H24O. The van der Waals surface area contributed by atoms with Crippen molar-refractivity contribution in [3.63, 3.8) is 0 Å². The molecule has 0 saturated heterocycles. The Bertz CT molecular complexity index is 976. The van der Waals surface area contributed by atoms with Gasteiger partial charge in [0.25, 0.3) is 0 Å². The largest absolute Gasteiger partial charge is 0.490 e. The second kappa shape index (κ2) is 5.77. The summed E-state index contributed by atoms with van der Waals surface area (Å²) in [6.07, 6.45) is 2.86. The minimum atomic E-state index is -0.294. The lowest BCUT2D eigenvalue weighted by atomic mass is 9.85. The normalized spacial score (nSPS) is 19.8. The molecule has 1 heterocycles. The first kappa shape index (κ1) is 16.0. The Labute approximate surface area is 150 Å². The molecule has 0 aromatic heterocycles. The first-order chi connectivity index (χ1) is 12.0. The smallest absolute Gasteiger partial charge is 0.134 e. The van der Waals surface area contributed by atoms with Gasteiger partial charge in [-0.2, -0.15) is 0 Å². The van der Waals surface area contributed by atoms with Crippen molar-refractivity contribution in [2.45, 2.75) is 39.7 Å². The molecule has 0 unspecified atom stereocenters. The van der Waals surface area contributed by atoms with Crippen LogP contribution in [-0.4, -0.2) is 0 Å². The van der Waals surface area contributed by atoms with Crippen LogP contribution in [0, 0.1) is 20.8 Å². The Kier molecular flexibility index (Phi) is 3.68. The van der Waals surface area contributed by atoms with Crippen LogP contribution in [0.15, 0.2) is 60.9 Å². The fourth-order valence-corrected chi connectivity index (χ4v) is 3.99. The number of aryl methyl sites for hydroxylation is 3. The lowest BCUT2D eigenvalue weighted by Gasteiger charge is -2.25. The van der Waals surface area contributed by atoms with Crippen LogP contribution in [0.2, 0.25) is 0 Å². The molecular weight excluding hydrogens is 304 g/mol. The number of fused-ring (bicyclic) bond motifs is 1. The van der Waals surface area contributed by atoms with Crippen LogP contribution in [0.25, 0.3) is 16.3 Å². The van der Waals surface area contributed by atoms with E-state index in [0.29, 0.717) is 0 Å². The molecule has 0 bridgehead atoms. The zero-order chi connectivity index (χ0) is 17.6. The summed E-state index contributed by atoms with van der Waals surface area (Å²) in [6, 6.07) is 19.8. The number of hydrogen-bond acceptors (Lipinski definition) is 1. The summed E-state index contributed by atoms with van der Waals surface area (Å²) in [7, 11) is 0. The van der Waals surface area contributed by atoms with E-state index in [2.05, 4.69) is 82.3 Å². The van der Waals surface area contributed by atoms with E-state index < -0.39 is 0 Å². The molecule has 3 aromatic carbocycles. The second-order valence-electron chi connectivity index (χ2n) is 7.52. The van der Waals surface area contributed by atoms with E-state index in [9.17, 15) is 0 Å². The highest BCUT2D eigenvalue weighted by atomic mass is 16.5. The zero-order valence-corrected chi connectivity index (χ0v) is 15.4. The van der Waals surface area contributed by atoms with E-state index in [0.717, 1.165) is 6.42 Å². The highest BCUT2D eigenvalue weighted by Crippen LogP contribution is 2.43. The maximum atomic E-state index is 6.22. The fraction of sp³-hybridized carbons (Fsp3) is 0.250. The summed E-state index contributed by atoms with van der Waals surface area (Å²) in [6.45, 7) is 8.67. The third-order valence-corrected chi connectivity index (χ3v) is 5.31. The Hall–Kier alpha value is -2.54. The molecule has 25 heavy (non-hydrogen) atoms. The van der Waals surface area contributed by atoms with Gasteiger partial charge in [0, 0.05) is 6.42 Å². The monoisotopic (exact) mass is 328 g/mol. The molecule has 1 atom stereocenters. The summed E-state index contributed by atoms with van der Waals surface area (Å²) in [5.74, 6) is 0. The SMILES string of the molecule is Cc1cc(C)cc([C@]2(C)CC(c3ccc(C)c4ccccc34)=CO2)c1. The molecule has 4 rings (SSSR count). The van der Waals surface area contributed by atoms with E-state index in [-0.39, 0.29) is 5.60 Å². The van der Waals surface area contributed by atoms with Crippen LogP contribution in [0.4, 0.5) is 0 Å². The quantitative estimate of drug-likeness (QED) is 0.526. The first-order valence-corrected chi connectivity index (χ1v) is 8.91. The highest BCUT2D eigenvalue weighted by Gasteiger charge is 2.35. The predicted molar refractivity (Wildman–Crippen MR) is 106 cm³/mol. The van der Waals surface area contributed by atoms with Crippen molar-refractivity contribution in [2.24, 2.45) is 0 Å². The predicted octanol–water partition coefficient (Wildman–Crippen LogP) is 6.44. The van der Waals surface area contributed by atoms with E-state index in [1.54, 1.807) is 0 Å². The molecule has 126 valence electrons. The van der Waals surface area contributed by atoms with Gasteiger partial charge in [0.05, 0.1) is 6.26 Å². The van der Waals surface area contributed by atoms with Crippen LogP contribution in [0.3, 0.4) is 0 Å². The van der Waals surface area contributed by atoms with Crippen molar-refractivity contribution in [3.05, 3.63) is 88.7 Å². The van der Waals surface area contributed by atoms with Gasteiger partial charge in [-0.05, 0) is 60.7 Å². The van der Waals surface area contributed by atoms with Gasteiger partial charge < -0.3 is 4.74 Å². The Morgan fingerprint density at radius 2 is 1.52 bits per heavy atom. The second-order valence-corrected chi connectivity index (χ2v) is 7.52. The molecule has 0 aliphatic carbocycles. The highest BCUT2D eigenvalue weighted by molar-refractivity contribution is 5.96. The summed E-state index contributed by atoms with van der Waals surface area (Å²) in [5, 5.41) is 2.63. The Morgan fingerprint density at radius 1 is 0.840 bits per heavy atom. The topological polar surface area (TPSA) is 9.23 Å². The van der Waals surface area contributed by atoms with Gasteiger partial charge in [0.1, 0.15) is 5.60 Å². The molecule has 0 amide bonds. The molecule has 3 aromatic rings. The minimum absolute atomic E-state index is 0.294. The van der Waals surface area contributed by atoms with Crippen LogP contribution in [0.5, 0.6) is 0 Å². The third-order valence-electron chi connectivity index (χ3n) is 5.31. The van der Waals surface area contributed by atoms with Gasteiger partial charge in [0.2, 0.25) is 0 Å². The molecule has 1 nitrogen and oxygen atoms in total. The van der Waals surface area contributed by atoms with Crippen LogP contribution < -0.4 is 0 Å². The van der Waals surface area contributed by atoms with Gasteiger partial charge in [-0.25, -0.2) is 0 Å². The van der Waals surface area contributed by atoms with E-state index in [1.165, 1.54) is 44.2 Å². The summed E-state index contributed by atoms with van der Waals surface area (Å²) >= 11 is 0. The van der Waals surface area contributed by atoms with Gasteiger partial charge in [-0.1, -0.05) is 65.7 Å². The number of hydrogen-bond donors (Lipinski definition) is 0. The van der Waals surface area contributed by atoms with Crippen molar-refractivity contribution < 1.29 is 4.74 Å². The van der Waals surface area contributed by atoms with Crippen molar-refractivity contribution in [3.8, 4) is 0 Å². The molecule has 0 spiro atoms. The van der Waals surface area contributed by atoms with E-state index in [1.807, 2.05) is 6.26 Å². The lowest BCUT2D eigenvalue weighted by molar-refractivity contribution is 0.0611. The Morgan fingerprint density at radius 3 is 2.24 bits per heavy atom. The van der Waals surface area contributed by atoms with Crippen LogP contribution in [0.1, 0.15) is 41.2 Å². The van der Waals surface area contributed by atoms with Crippen LogP contribution in [-0.2, 0) is 10.3 Å². The summed E-state index contributed by atoms with van der Waals surface area (Å²) < 4.78 is 6.22. The summed E-state index contributed by atoms with van der Waals surface area (Å²) in [5.41, 5.74) is 7.41. The standard InChI is InChI=1S/C24H24O/c1-16-11-17(2)13-20(12-16)24(4)14-19(15-25-24)22-10-9-18(3)21-7-5-6-8-23(21)22/h5-13,15H,14H2,1-4H3/t24-/m0/s1. The first-order valence-electron chi connectivity index (χ1n) is 8.91. The summed E-state index contributed by atoms with van der Waals surface area (Å²) in [4.78, 5) is 0. The molecule has 1 heteroatoms. The maximum absolute atomic E-state index is 6.22. The van der Waals surface area contributed by atoms with Gasteiger partial charge in [0.15, 0.2) is 0 Å². The minimum Gasteiger partial charge on any atom is -0.490 e.